The third kappa shape index (κ3) is 4.20. The standard InChI is InChI=1S/C9H15N3O4.ClH/c10-2-1-3-11-4-5-12(6-7(13)14)9(16)8(11)15;/h1-6,10H2,(H,13,14);1H/p-1. The second-order valence-electron chi connectivity index (χ2n) is 3.53. The summed E-state index contributed by atoms with van der Waals surface area (Å²) in [6.45, 7) is 0.914. The summed E-state index contributed by atoms with van der Waals surface area (Å²) in [6.07, 6.45) is 0.625. The van der Waals surface area contributed by atoms with Crippen molar-refractivity contribution >= 4 is 30.2 Å². The summed E-state index contributed by atoms with van der Waals surface area (Å²) in [5, 5.41) is 10.3. The predicted octanol–water partition coefficient (Wildman–Crippen LogP) is -2.82. The quantitative estimate of drug-likeness (QED) is 0.539. The first-order valence-electron chi connectivity index (χ1n) is 5.04. The lowest BCUT2D eigenvalue weighted by atomic mass is 10.2. The first kappa shape index (κ1) is 15.7. The summed E-state index contributed by atoms with van der Waals surface area (Å²) < 4.78 is 0. The average Bonchev–Trinajstić information content (AvgIpc) is 2.23. The average molecular weight is 265 g/mol. The molecule has 0 bridgehead atoms. The molecule has 0 radical (unpaired) electrons. The van der Waals surface area contributed by atoms with Gasteiger partial charge in [-0.1, -0.05) is 0 Å². The monoisotopic (exact) mass is 264 g/mol. The molecular weight excluding hydrogens is 250 g/mol. The third-order valence-electron chi connectivity index (χ3n) is 2.35. The molecule has 2 amide bonds. The van der Waals surface area contributed by atoms with E-state index < -0.39 is 24.3 Å². The molecule has 1 saturated heterocycles. The van der Waals surface area contributed by atoms with Crippen LogP contribution in [0.3, 0.4) is 0 Å². The van der Waals surface area contributed by atoms with E-state index in [1.807, 2.05) is 0 Å². The Bertz CT molecular complexity index is 311. The van der Waals surface area contributed by atoms with E-state index in [0.29, 0.717) is 26.1 Å². The van der Waals surface area contributed by atoms with Crippen LogP contribution in [-0.2, 0) is 14.4 Å². The number of carbonyl (C=O) groups excluding carboxylic acids is 3. The number of carboxylic acids is 1. The maximum absolute atomic E-state index is 11.5. The van der Waals surface area contributed by atoms with Gasteiger partial charge in [0.15, 0.2) is 0 Å². The largest absolute Gasteiger partial charge is 0.548 e. The fourth-order valence-corrected chi connectivity index (χ4v) is 1.52. The maximum atomic E-state index is 11.5. The Hall–Kier alpha value is -1.34. The number of piperazine rings is 1. The van der Waals surface area contributed by atoms with Crippen molar-refractivity contribution in [2.75, 3.05) is 32.7 Å². The van der Waals surface area contributed by atoms with Crippen molar-refractivity contribution in [2.24, 2.45) is 5.73 Å². The number of hydrogen-bond acceptors (Lipinski definition) is 5. The van der Waals surface area contributed by atoms with Gasteiger partial charge in [-0.25, -0.2) is 0 Å². The van der Waals surface area contributed by atoms with Crippen molar-refractivity contribution in [3.05, 3.63) is 0 Å². The summed E-state index contributed by atoms with van der Waals surface area (Å²) in [5.41, 5.74) is 5.30. The zero-order chi connectivity index (χ0) is 12.1. The summed E-state index contributed by atoms with van der Waals surface area (Å²) in [4.78, 5) is 35.6. The smallest absolute Gasteiger partial charge is 0.312 e. The molecular formula is C9H15ClN3O4-. The van der Waals surface area contributed by atoms with E-state index in [0.717, 1.165) is 4.90 Å². The Labute approximate surface area is 105 Å². The van der Waals surface area contributed by atoms with Crippen LogP contribution in [-0.4, -0.2) is 60.3 Å². The summed E-state index contributed by atoms with van der Waals surface area (Å²) in [5.74, 6) is -2.81. The number of carboxylic acid groups (broad SMARTS) is 1. The number of hydrogen-bond donors (Lipinski definition) is 1. The Kier molecular flexibility index (Phi) is 6.52. The third-order valence-corrected chi connectivity index (χ3v) is 2.35. The van der Waals surface area contributed by atoms with Gasteiger partial charge in [-0.3, -0.25) is 9.59 Å². The Morgan fingerprint density at radius 2 is 1.76 bits per heavy atom. The normalized spacial score (nSPS) is 15.8. The van der Waals surface area contributed by atoms with Crippen LogP contribution in [0.2, 0.25) is 0 Å². The minimum Gasteiger partial charge on any atom is -0.548 e. The lowest BCUT2D eigenvalue weighted by Crippen LogP contribution is -2.56. The van der Waals surface area contributed by atoms with Gasteiger partial charge in [-0.15, -0.1) is 12.4 Å². The maximum Gasteiger partial charge on any atom is 0.312 e. The molecule has 1 heterocycles. The number of rotatable bonds is 5. The van der Waals surface area contributed by atoms with Crippen LogP contribution in [0, 0.1) is 0 Å². The predicted molar refractivity (Wildman–Crippen MR) is 59.1 cm³/mol. The van der Waals surface area contributed by atoms with Crippen LogP contribution < -0.4 is 10.8 Å². The van der Waals surface area contributed by atoms with E-state index in [-0.39, 0.29) is 19.0 Å². The number of amides is 2. The van der Waals surface area contributed by atoms with E-state index in [2.05, 4.69) is 0 Å². The van der Waals surface area contributed by atoms with E-state index >= 15 is 0 Å². The van der Waals surface area contributed by atoms with Gasteiger partial charge in [-0.2, -0.15) is 0 Å². The fourth-order valence-electron chi connectivity index (χ4n) is 1.52. The van der Waals surface area contributed by atoms with Crippen LogP contribution >= 0.6 is 12.4 Å². The fraction of sp³-hybridized carbons (Fsp3) is 0.667. The molecule has 0 spiro atoms. The molecule has 0 saturated carbocycles. The van der Waals surface area contributed by atoms with Crippen molar-refractivity contribution in [3.8, 4) is 0 Å². The van der Waals surface area contributed by atoms with E-state index in [1.54, 1.807) is 0 Å². The highest BCUT2D eigenvalue weighted by molar-refractivity contribution is 6.35. The molecule has 17 heavy (non-hydrogen) atoms. The minimum atomic E-state index is -1.36. The van der Waals surface area contributed by atoms with Crippen molar-refractivity contribution < 1.29 is 19.5 Å². The lowest BCUT2D eigenvalue weighted by molar-refractivity contribution is -0.306. The molecule has 0 atom stereocenters. The number of halogens is 1. The van der Waals surface area contributed by atoms with E-state index in [9.17, 15) is 19.5 Å². The first-order valence-corrected chi connectivity index (χ1v) is 5.04. The van der Waals surface area contributed by atoms with Crippen LogP contribution in [0.4, 0.5) is 0 Å². The van der Waals surface area contributed by atoms with Gasteiger partial charge >= 0.3 is 11.8 Å². The van der Waals surface area contributed by atoms with Crippen LogP contribution in [0.5, 0.6) is 0 Å². The molecule has 0 unspecified atom stereocenters. The topological polar surface area (TPSA) is 107 Å². The molecule has 98 valence electrons. The van der Waals surface area contributed by atoms with Gasteiger partial charge in [0.05, 0.1) is 12.5 Å². The van der Waals surface area contributed by atoms with Crippen molar-refractivity contribution in [3.63, 3.8) is 0 Å². The highest BCUT2D eigenvalue weighted by atomic mass is 35.5. The second-order valence-corrected chi connectivity index (χ2v) is 3.53. The molecule has 0 aliphatic carbocycles. The van der Waals surface area contributed by atoms with Gasteiger partial charge in [0.2, 0.25) is 0 Å². The number of carbonyl (C=O) groups is 3. The first-order chi connectivity index (χ1) is 7.56. The number of nitrogens with two attached hydrogens (primary N) is 1. The molecule has 8 heteroatoms. The number of nitrogens with zero attached hydrogens (tertiary/aromatic N) is 2. The molecule has 0 aromatic heterocycles. The molecule has 1 rings (SSSR count). The molecule has 1 fully saturated rings. The SMILES string of the molecule is Cl.NCCCN1CCN(CC(=O)[O-])C(=O)C1=O. The van der Waals surface area contributed by atoms with Crippen molar-refractivity contribution in [1.29, 1.82) is 0 Å². The van der Waals surface area contributed by atoms with Crippen LogP contribution in [0.15, 0.2) is 0 Å². The van der Waals surface area contributed by atoms with E-state index in [4.69, 9.17) is 5.73 Å². The highest BCUT2D eigenvalue weighted by Crippen LogP contribution is 2.05. The van der Waals surface area contributed by atoms with Gasteiger partial charge in [0, 0.05) is 19.6 Å². The molecule has 2 N–H and O–H groups in total. The summed E-state index contributed by atoms with van der Waals surface area (Å²) in [7, 11) is 0. The van der Waals surface area contributed by atoms with Gasteiger partial charge in [-0.05, 0) is 13.0 Å². The second kappa shape index (κ2) is 7.08. The van der Waals surface area contributed by atoms with Crippen molar-refractivity contribution in [2.45, 2.75) is 6.42 Å². The Balaban J connectivity index is 0.00000256. The highest BCUT2D eigenvalue weighted by Gasteiger charge is 2.31. The van der Waals surface area contributed by atoms with E-state index in [1.165, 1.54) is 4.90 Å². The minimum absolute atomic E-state index is 0. The van der Waals surface area contributed by atoms with Crippen molar-refractivity contribution in [1.82, 2.24) is 9.80 Å². The zero-order valence-corrected chi connectivity index (χ0v) is 10.1. The lowest BCUT2D eigenvalue weighted by Gasteiger charge is -2.33. The summed E-state index contributed by atoms with van der Waals surface area (Å²) in [6, 6.07) is 0. The van der Waals surface area contributed by atoms with Gasteiger partial charge < -0.3 is 25.4 Å². The van der Waals surface area contributed by atoms with Crippen LogP contribution in [0.1, 0.15) is 6.42 Å². The zero-order valence-electron chi connectivity index (χ0n) is 9.26. The Morgan fingerprint density at radius 1 is 1.24 bits per heavy atom. The van der Waals surface area contributed by atoms with Gasteiger partial charge in [0.25, 0.3) is 0 Å². The molecule has 7 nitrogen and oxygen atoms in total. The van der Waals surface area contributed by atoms with Gasteiger partial charge in [0.1, 0.15) is 0 Å². The molecule has 0 aromatic rings. The van der Waals surface area contributed by atoms with Crippen LogP contribution in [0.25, 0.3) is 0 Å². The summed E-state index contributed by atoms with van der Waals surface area (Å²) >= 11 is 0. The molecule has 0 aromatic carbocycles. The number of aliphatic carboxylic acids is 1. The molecule has 1 aliphatic heterocycles. The Morgan fingerprint density at radius 3 is 2.29 bits per heavy atom. The molecule has 1 aliphatic rings.